The molecule has 0 bridgehead atoms. The topological polar surface area (TPSA) is 48.8 Å². The highest BCUT2D eigenvalue weighted by Crippen LogP contribution is 2.52. The lowest BCUT2D eigenvalue weighted by Crippen LogP contribution is -2.15. The molecule has 0 atom stereocenters. The van der Waals surface area contributed by atoms with Gasteiger partial charge in [0.15, 0.2) is 5.82 Å². The number of benzene rings is 10. The van der Waals surface area contributed by atoms with Crippen molar-refractivity contribution in [3.63, 3.8) is 0 Å². The number of para-hydroxylation sites is 3. The first kappa shape index (κ1) is 40.6. The lowest BCUT2D eigenvalue weighted by molar-refractivity contribution is 0.661. The molecule has 10 aromatic carbocycles. The van der Waals surface area contributed by atoms with Gasteiger partial charge in [0.1, 0.15) is 11.2 Å². The molecule has 0 saturated carbocycles. The molecule has 0 fully saturated rings. The summed E-state index contributed by atoms with van der Waals surface area (Å²) in [6, 6.07) is 83.0. The predicted octanol–water partition coefficient (Wildman–Crippen LogP) is 17.5. The average Bonchev–Trinajstić information content (AvgIpc) is 4.14. The molecule has 5 nitrogen and oxygen atoms in total. The van der Waals surface area contributed by atoms with Crippen LogP contribution in [0.25, 0.3) is 133 Å². The molecular formula is C67H44N4O. The van der Waals surface area contributed by atoms with Crippen molar-refractivity contribution in [1.82, 2.24) is 19.1 Å². The third-order valence-electron chi connectivity index (χ3n) is 15.3. The van der Waals surface area contributed by atoms with Gasteiger partial charge in [0.05, 0.1) is 33.5 Å². The van der Waals surface area contributed by atoms with Crippen molar-refractivity contribution in [2.45, 2.75) is 19.3 Å². The molecule has 0 spiro atoms. The Balaban J connectivity index is 0.883. The number of aromatic nitrogens is 4. The summed E-state index contributed by atoms with van der Waals surface area (Å²) >= 11 is 0. The van der Waals surface area contributed by atoms with E-state index in [0.29, 0.717) is 5.82 Å². The molecular weight excluding hydrogens is 877 g/mol. The fourth-order valence-corrected chi connectivity index (χ4v) is 11.8. The lowest BCUT2D eigenvalue weighted by Gasteiger charge is -2.22. The van der Waals surface area contributed by atoms with Crippen LogP contribution in [0.1, 0.15) is 25.0 Å². The van der Waals surface area contributed by atoms with Gasteiger partial charge < -0.3 is 13.6 Å². The standard InChI is InChI=1S/C67H44N4O/c1-67(2)56-32-28-44(34-50(56)51-36-53-48-22-12-14-24-60(48)70(62(53)38-57(51)67)46-20-10-5-11-21-46)45-29-33-61-52(35-45)54-37-55-49-23-13-15-25-64(49)72-65(55)40-63(54)71(61)47-30-26-43(27-31-47)66-68-58(41-16-6-3-7-17-41)39-59(69-66)42-18-8-4-9-19-42/h3-40H,1-2H3. The van der Waals surface area contributed by atoms with Gasteiger partial charge in [0.25, 0.3) is 0 Å². The van der Waals surface area contributed by atoms with E-state index in [1.165, 1.54) is 71.6 Å². The van der Waals surface area contributed by atoms with Crippen molar-refractivity contribution < 1.29 is 4.42 Å². The second kappa shape index (κ2) is 15.3. The molecule has 4 heterocycles. The Labute approximate surface area is 415 Å². The van der Waals surface area contributed by atoms with Crippen LogP contribution >= 0.6 is 0 Å². The molecule has 1 aliphatic carbocycles. The van der Waals surface area contributed by atoms with Crippen LogP contribution in [0.4, 0.5) is 0 Å². The third kappa shape index (κ3) is 6.07. The first-order valence-corrected chi connectivity index (χ1v) is 24.7. The molecule has 338 valence electrons. The predicted molar refractivity (Wildman–Crippen MR) is 297 cm³/mol. The highest BCUT2D eigenvalue weighted by molar-refractivity contribution is 6.18. The van der Waals surface area contributed by atoms with Crippen LogP contribution in [0.3, 0.4) is 0 Å². The van der Waals surface area contributed by atoms with Gasteiger partial charge in [-0.15, -0.1) is 0 Å². The van der Waals surface area contributed by atoms with Crippen LogP contribution < -0.4 is 0 Å². The van der Waals surface area contributed by atoms with Crippen molar-refractivity contribution in [3.05, 3.63) is 242 Å². The highest BCUT2D eigenvalue weighted by Gasteiger charge is 2.37. The summed E-state index contributed by atoms with van der Waals surface area (Å²) in [5.41, 5.74) is 21.0. The Kier molecular flexibility index (Phi) is 8.64. The fourth-order valence-electron chi connectivity index (χ4n) is 11.8. The maximum atomic E-state index is 6.54. The Morgan fingerprint density at radius 2 is 0.875 bits per heavy atom. The van der Waals surface area contributed by atoms with Gasteiger partial charge in [-0.2, -0.15) is 0 Å². The quantitative estimate of drug-likeness (QED) is 0.167. The van der Waals surface area contributed by atoms with E-state index in [0.717, 1.165) is 66.7 Å². The Hall–Kier alpha value is -9.32. The van der Waals surface area contributed by atoms with Crippen LogP contribution in [-0.2, 0) is 5.41 Å². The highest BCUT2D eigenvalue weighted by atomic mass is 16.3. The minimum absolute atomic E-state index is 0.179. The van der Waals surface area contributed by atoms with Crippen LogP contribution in [-0.4, -0.2) is 19.1 Å². The van der Waals surface area contributed by atoms with Gasteiger partial charge in [-0.05, 0) is 124 Å². The summed E-state index contributed by atoms with van der Waals surface area (Å²) in [5.74, 6) is 0.682. The average molecular weight is 921 g/mol. The number of rotatable bonds is 6. The van der Waals surface area contributed by atoms with Crippen molar-refractivity contribution in [2.75, 3.05) is 0 Å². The molecule has 1 aliphatic rings. The van der Waals surface area contributed by atoms with Gasteiger partial charge in [0, 0.05) is 71.9 Å². The van der Waals surface area contributed by atoms with Crippen molar-refractivity contribution >= 4 is 65.6 Å². The minimum Gasteiger partial charge on any atom is -0.456 e. The minimum atomic E-state index is -0.179. The largest absolute Gasteiger partial charge is 0.456 e. The molecule has 0 radical (unpaired) electrons. The molecule has 0 N–H and O–H groups in total. The van der Waals surface area contributed by atoms with Crippen LogP contribution in [0, 0.1) is 0 Å². The molecule has 0 amide bonds. The van der Waals surface area contributed by atoms with Gasteiger partial charge in [-0.1, -0.05) is 147 Å². The second-order valence-electron chi connectivity index (χ2n) is 19.8. The Morgan fingerprint density at radius 1 is 0.333 bits per heavy atom. The van der Waals surface area contributed by atoms with E-state index in [9.17, 15) is 0 Å². The Morgan fingerprint density at radius 3 is 1.61 bits per heavy atom. The monoisotopic (exact) mass is 920 g/mol. The van der Waals surface area contributed by atoms with E-state index in [1.807, 2.05) is 18.2 Å². The van der Waals surface area contributed by atoms with E-state index in [1.54, 1.807) is 0 Å². The van der Waals surface area contributed by atoms with E-state index in [4.69, 9.17) is 14.4 Å². The number of furan rings is 1. The smallest absolute Gasteiger partial charge is 0.160 e. The van der Waals surface area contributed by atoms with E-state index in [2.05, 4.69) is 235 Å². The molecule has 5 heteroatoms. The number of fused-ring (bicyclic) bond motifs is 12. The summed E-state index contributed by atoms with van der Waals surface area (Å²) in [6.07, 6.45) is 0. The lowest BCUT2D eigenvalue weighted by atomic mass is 9.82. The van der Waals surface area contributed by atoms with Gasteiger partial charge in [-0.25, -0.2) is 9.97 Å². The fraction of sp³-hybridized carbons (Fsp3) is 0.0448. The normalized spacial score (nSPS) is 13.0. The zero-order valence-corrected chi connectivity index (χ0v) is 39.6. The number of hydrogen-bond donors (Lipinski definition) is 0. The van der Waals surface area contributed by atoms with Crippen molar-refractivity contribution in [1.29, 1.82) is 0 Å². The zero-order valence-electron chi connectivity index (χ0n) is 39.6. The molecule has 0 unspecified atom stereocenters. The molecule has 72 heavy (non-hydrogen) atoms. The summed E-state index contributed by atoms with van der Waals surface area (Å²) in [5, 5.41) is 7.12. The van der Waals surface area contributed by atoms with Gasteiger partial charge >= 0.3 is 0 Å². The van der Waals surface area contributed by atoms with Crippen LogP contribution in [0.2, 0.25) is 0 Å². The maximum Gasteiger partial charge on any atom is 0.160 e. The third-order valence-corrected chi connectivity index (χ3v) is 15.3. The molecule has 14 aromatic rings. The zero-order chi connectivity index (χ0) is 47.7. The molecule has 0 aliphatic heterocycles. The van der Waals surface area contributed by atoms with Gasteiger partial charge in [0.2, 0.25) is 0 Å². The summed E-state index contributed by atoms with van der Waals surface area (Å²) < 4.78 is 11.3. The first-order chi connectivity index (χ1) is 35.4. The van der Waals surface area contributed by atoms with E-state index < -0.39 is 0 Å². The second-order valence-corrected chi connectivity index (χ2v) is 19.8. The van der Waals surface area contributed by atoms with Crippen molar-refractivity contribution in [2.24, 2.45) is 0 Å². The molecule has 15 rings (SSSR count). The number of nitrogens with zero attached hydrogens (tertiary/aromatic N) is 4. The SMILES string of the molecule is CC1(C)c2ccc(-c3ccc4c(c3)c3cc5c(cc3n4-c3ccc(-c4nc(-c6ccccc6)cc(-c6ccccc6)n4)cc3)oc3ccccc35)cc2-c2cc3c4ccccc4n(-c4ccccc4)c3cc21. The Bertz CT molecular complexity index is 4450. The summed E-state index contributed by atoms with van der Waals surface area (Å²) in [7, 11) is 0. The van der Waals surface area contributed by atoms with Crippen molar-refractivity contribution in [3.8, 4) is 67.5 Å². The van der Waals surface area contributed by atoms with Crippen LogP contribution in [0.15, 0.2) is 235 Å². The summed E-state index contributed by atoms with van der Waals surface area (Å²) in [4.78, 5) is 10.3. The van der Waals surface area contributed by atoms with E-state index in [-0.39, 0.29) is 5.41 Å². The van der Waals surface area contributed by atoms with Crippen LogP contribution in [0.5, 0.6) is 0 Å². The van der Waals surface area contributed by atoms with Gasteiger partial charge in [-0.3, -0.25) is 0 Å². The van der Waals surface area contributed by atoms with E-state index >= 15 is 0 Å². The first-order valence-electron chi connectivity index (χ1n) is 24.7. The summed E-state index contributed by atoms with van der Waals surface area (Å²) in [6.45, 7) is 4.76. The number of hydrogen-bond acceptors (Lipinski definition) is 3. The maximum absolute atomic E-state index is 6.54. The molecule has 4 aromatic heterocycles. The molecule has 0 saturated heterocycles.